The second-order valence-electron chi connectivity index (χ2n) is 3.84. The predicted molar refractivity (Wildman–Crippen MR) is 69.3 cm³/mol. The van der Waals surface area contributed by atoms with Crippen LogP contribution in [0.25, 0.3) is 11.1 Å². The third-order valence-corrected chi connectivity index (χ3v) is 2.77. The molecule has 0 saturated heterocycles. The van der Waals surface area contributed by atoms with Gasteiger partial charge < -0.3 is 5.32 Å². The molecule has 0 bridgehead atoms. The summed E-state index contributed by atoms with van der Waals surface area (Å²) in [4.78, 5) is 0. The van der Waals surface area contributed by atoms with Gasteiger partial charge >= 0.3 is 0 Å². The first-order valence-corrected chi connectivity index (χ1v) is 5.57. The van der Waals surface area contributed by atoms with Gasteiger partial charge in [0.25, 0.3) is 0 Å². The highest BCUT2D eigenvalue weighted by atomic mass is 14.9. The minimum absolute atomic E-state index is 0.236. The molecule has 1 N–H and O–H groups in total. The molecule has 0 radical (unpaired) electrons. The fourth-order valence-corrected chi connectivity index (χ4v) is 1.80. The lowest BCUT2D eigenvalue weighted by Gasteiger charge is -2.08. The second kappa shape index (κ2) is 5.29. The van der Waals surface area contributed by atoms with E-state index in [2.05, 4.69) is 23.5 Å². The van der Waals surface area contributed by atoms with E-state index < -0.39 is 0 Å². The summed E-state index contributed by atoms with van der Waals surface area (Å²) in [5.41, 5.74) is 3.36. The van der Waals surface area contributed by atoms with Gasteiger partial charge in [-0.15, -0.1) is 0 Å². The number of nitrogens with zero attached hydrogens (tertiary/aromatic N) is 1. The zero-order valence-electron chi connectivity index (χ0n) is 9.72. The van der Waals surface area contributed by atoms with Gasteiger partial charge in [0, 0.05) is 0 Å². The summed E-state index contributed by atoms with van der Waals surface area (Å²) in [5, 5.41) is 11.9. The number of hydrogen-bond donors (Lipinski definition) is 1. The Morgan fingerprint density at radius 1 is 0.941 bits per heavy atom. The Labute approximate surface area is 102 Å². The molecule has 2 aromatic carbocycles. The van der Waals surface area contributed by atoms with Crippen molar-refractivity contribution in [3.05, 3.63) is 60.2 Å². The fraction of sp³-hybridized carbons (Fsp3) is 0.133. The van der Waals surface area contributed by atoms with E-state index in [1.54, 1.807) is 7.05 Å². The Morgan fingerprint density at radius 3 is 2.06 bits per heavy atom. The van der Waals surface area contributed by atoms with Gasteiger partial charge in [-0.2, -0.15) is 5.26 Å². The lowest BCUT2D eigenvalue weighted by Crippen LogP contribution is -2.13. The van der Waals surface area contributed by atoms with E-state index in [9.17, 15) is 0 Å². The minimum atomic E-state index is -0.236. The van der Waals surface area contributed by atoms with Crippen LogP contribution in [0.2, 0.25) is 0 Å². The zero-order valence-corrected chi connectivity index (χ0v) is 9.72. The summed E-state index contributed by atoms with van der Waals surface area (Å²) < 4.78 is 0. The predicted octanol–water partition coefficient (Wildman–Crippen LogP) is 3.14. The van der Waals surface area contributed by atoms with Crippen molar-refractivity contribution in [3.63, 3.8) is 0 Å². The van der Waals surface area contributed by atoms with Gasteiger partial charge in [-0.05, 0) is 23.7 Å². The van der Waals surface area contributed by atoms with E-state index in [1.165, 1.54) is 11.1 Å². The molecule has 0 aliphatic heterocycles. The monoisotopic (exact) mass is 222 g/mol. The average molecular weight is 222 g/mol. The first-order chi connectivity index (χ1) is 8.35. The number of rotatable bonds is 3. The van der Waals surface area contributed by atoms with E-state index in [1.807, 2.05) is 42.5 Å². The van der Waals surface area contributed by atoms with Crippen LogP contribution >= 0.6 is 0 Å². The maximum atomic E-state index is 8.95. The van der Waals surface area contributed by atoms with E-state index in [4.69, 9.17) is 5.26 Å². The van der Waals surface area contributed by atoms with Crippen LogP contribution in [-0.4, -0.2) is 7.05 Å². The van der Waals surface area contributed by atoms with Gasteiger partial charge in [0.1, 0.15) is 6.04 Å². The molecule has 2 nitrogen and oxygen atoms in total. The lowest BCUT2D eigenvalue weighted by atomic mass is 10.0. The van der Waals surface area contributed by atoms with Crippen LogP contribution in [0.15, 0.2) is 54.6 Å². The van der Waals surface area contributed by atoms with Gasteiger partial charge in [0.05, 0.1) is 6.07 Å². The highest BCUT2D eigenvalue weighted by molar-refractivity contribution is 5.63. The van der Waals surface area contributed by atoms with Crippen LogP contribution in [0.3, 0.4) is 0 Å². The molecule has 84 valence electrons. The Bertz CT molecular complexity index is 509. The maximum Gasteiger partial charge on any atom is 0.121 e. The molecule has 0 aliphatic rings. The van der Waals surface area contributed by atoms with Crippen molar-refractivity contribution in [1.82, 2.24) is 5.32 Å². The van der Waals surface area contributed by atoms with Crippen molar-refractivity contribution in [1.29, 1.82) is 5.26 Å². The molecule has 0 aliphatic carbocycles. The van der Waals surface area contributed by atoms with Crippen molar-refractivity contribution in [2.75, 3.05) is 7.05 Å². The van der Waals surface area contributed by atoms with Gasteiger partial charge in [-0.1, -0.05) is 54.6 Å². The lowest BCUT2D eigenvalue weighted by molar-refractivity contribution is 0.727. The van der Waals surface area contributed by atoms with Gasteiger partial charge in [0.15, 0.2) is 0 Å². The third-order valence-electron chi connectivity index (χ3n) is 2.77. The highest BCUT2D eigenvalue weighted by Gasteiger charge is 2.06. The van der Waals surface area contributed by atoms with Crippen LogP contribution in [0.1, 0.15) is 11.6 Å². The van der Waals surface area contributed by atoms with Crippen LogP contribution in [0.5, 0.6) is 0 Å². The molecule has 2 heteroatoms. The molecule has 0 amide bonds. The molecular formula is C15H14N2. The summed E-state index contributed by atoms with van der Waals surface area (Å²) in [5.74, 6) is 0. The Hall–Kier alpha value is -2.11. The number of benzene rings is 2. The number of nitriles is 1. The molecule has 17 heavy (non-hydrogen) atoms. The first kappa shape index (κ1) is 11.4. The Balaban J connectivity index is 2.28. The van der Waals surface area contributed by atoms with E-state index >= 15 is 0 Å². The fourth-order valence-electron chi connectivity index (χ4n) is 1.80. The normalized spacial score (nSPS) is 11.8. The largest absolute Gasteiger partial charge is 0.301 e. The first-order valence-electron chi connectivity index (χ1n) is 5.57. The SMILES string of the molecule is CNC(C#N)c1ccc(-c2ccccc2)cc1. The molecule has 1 unspecified atom stereocenters. The van der Waals surface area contributed by atoms with Crippen molar-refractivity contribution < 1.29 is 0 Å². The quantitative estimate of drug-likeness (QED) is 0.866. The number of hydrogen-bond acceptors (Lipinski definition) is 2. The zero-order chi connectivity index (χ0) is 12.1. The van der Waals surface area contributed by atoms with Crippen LogP contribution in [0, 0.1) is 11.3 Å². The van der Waals surface area contributed by atoms with Crippen molar-refractivity contribution in [2.24, 2.45) is 0 Å². The standard InChI is InChI=1S/C15H14N2/c1-17-15(11-16)14-9-7-13(8-10-14)12-5-3-2-4-6-12/h2-10,15,17H,1H3. The minimum Gasteiger partial charge on any atom is -0.301 e. The molecule has 2 rings (SSSR count). The van der Waals surface area contributed by atoms with Crippen molar-refractivity contribution in [3.8, 4) is 17.2 Å². The number of nitrogens with one attached hydrogen (secondary N) is 1. The molecule has 0 spiro atoms. The third kappa shape index (κ3) is 2.52. The average Bonchev–Trinajstić information content (AvgIpc) is 2.42. The molecule has 0 heterocycles. The molecular weight excluding hydrogens is 208 g/mol. The van der Waals surface area contributed by atoms with Gasteiger partial charge in [-0.3, -0.25) is 0 Å². The highest BCUT2D eigenvalue weighted by Crippen LogP contribution is 2.21. The van der Waals surface area contributed by atoms with Gasteiger partial charge in [0.2, 0.25) is 0 Å². The van der Waals surface area contributed by atoms with Crippen molar-refractivity contribution in [2.45, 2.75) is 6.04 Å². The van der Waals surface area contributed by atoms with Crippen molar-refractivity contribution >= 4 is 0 Å². The van der Waals surface area contributed by atoms with Crippen LogP contribution < -0.4 is 5.32 Å². The molecule has 0 aromatic heterocycles. The second-order valence-corrected chi connectivity index (χ2v) is 3.84. The summed E-state index contributed by atoms with van der Waals surface area (Å²) in [6.45, 7) is 0. The van der Waals surface area contributed by atoms with E-state index in [-0.39, 0.29) is 6.04 Å². The van der Waals surface area contributed by atoms with E-state index in [0.29, 0.717) is 0 Å². The molecule has 1 atom stereocenters. The topological polar surface area (TPSA) is 35.8 Å². The van der Waals surface area contributed by atoms with E-state index in [0.717, 1.165) is 5.56 Å². The maximum absolute atomic E-state index is 8.95. The van der Waals surface area contributed by atoms with Crippen LogP contribution in [-0.2, 0) is 0 Å². The molecule has 2 aromatic rings. The molecule has 0 fully saturated rings. The Morgan fingerprint density at radius 2 is 1.53 bits per heavy atom. The Kier molecular flexibility index (Phi) is 3.54. The summed E-state index contributed by atoms with van der Waals surface area (Å²) >= 11 is 0. The molecule has 0 saturated carbocycles. The summed E-state index contributed by atoms with van der Waals surface area (Å²) in [6.07, 6.45) is 0. The van der Waals surface area contributed by atoms with Crippen LogP contribution in [0.4, 0.5) is 0 Å². The summed E-state index contributed by atoms with van der Waals surface area (Å²) in [6, 6.07) is 20.3. The smallest absolute Gasteiger partial charge is 0.121 e. The van der Waals surface area contributed by atoms with Gasteiger partial charge in [-0.25, -0.2) is 0 Å². The summed E-state index contributed by atoms with van der Waals surface area (Å²) in [7, 11) is 1.79.